The van der Waals surface area contributed by atoms with Crippen LogP contribution in [-0.4, -0.2) is 9.97 Å². The fraction of sp³-hybridized carbons (Fsp3) is 0.520. The van der Waals surface area contributed by atoms with Crippen LogP contribution >= 0.6 is 0 Å². The number of hydrogen-bond acceptors (Lipinski definition) is 2. The third-order valence-electron chi connectivity index (χ3n) is 4.87. The van der Waals surface area contributed by atoms with Gasteiger partial charge >= 0.3 is 0 Å². The summed E-state index contributed by atoms with van der Waals surface area (Å²) < 4.78 is 0. The topological polar surface area (TPSA) is 25.8 Å². The second-order valence-corrected chi connectivity index (χ2v) is 7.34. The highest BCUT2D eigenvalue weighted by Crippen LogP contribution is 2.10. The number of aryl methyl sites for hydroxylation is 2. The first-order chi connectivity index (χ1) is 13.3. The standard InChI is InChI=1S/C25H34N2/c1-3-5-7-9-11-13-24-20-26-25(27-21-24)19-18-23-16-14-22(15-17-23)12-10-8-6-4-2/h14-17,20-21H,3-13H2,1-2H3. The molecule has 2 nitrogen and oxygen atoms in total. The molecule has 2 heteroatoms. The molecule has 0 atom stereocenters. The molecule has 0 saturated carbocycles. The molecular formula is C25H34N2. The Morgan fingerprint density at radius 1 is 0.630 bits per heavy atom. The van der Waals surface area contributed by atoms with Gasteiger partial charge in [0.25, 0.3) is 0 Å². The molecular weight excluding hydrogens is 328 g/mol. The van der Waals surface area contributed by atoms with E-state index in [0.29, 0.717) is 5.82 Å². The van der Waals surface area contributed by atoms with Crippen LogP contribution in [0.25, 0.3) is 0 Å². The summed E-state index contributed by atoms with van der Waals surface area (Å²) in [4.78, 5) is 8.80. The van der Waals surface area contributed by atoms with Crippen molar-refractivity contribution in [2.24, 2.45) is 0 Å². The summed E-state index contributed by atoms with van der Waals surface area (Å²) in [6.07, 6.45) is 17.8. The zero-order valence-electron chi connectivity index (χ0n) is 17.1. The van der Waals surface area contributed by atoms with E-state index in [1.807, 2.05) is 12.4 Å². The predicted molar refractivity (Wildman–Crippen MR) is 115 cm³/mol. The van der Waals surface area contributed by atoms with Gasteiger partial charge in [0.15, 0.2) is 0 Å². The number of aromatic nitrogens is 2. The Hall–Kier alpha value is -2.14. The van der Waals surface area contributed by atoms with Gasteiger partial charge < -0.3 is 0 Å². The Balaban J connectivity index is 1.79. The molecule has 27 heavy (non-hydrogen) atoms. The highest BCUT2D eigenvalue weighted by molar-refractivity contribution is 5.39. The summed E-state index contributed by atoms with van der Waals surface area (Å²) in [6.45, 7) is 4.50. The molecule has 0 aliphatic carbocycles. The number of hydrogen-bond donors (Lipinski definition) is 0. The maximum atomic E-state index is 4.40. The van der Waals surface area contributed by atoms with Crippen LogP contribution in [0, 0.1) is 11.8 Å². The van der Waals surface area contributed by atoms with Gasteiger partial charge in [0, 0.05) is 18.0 Å². The van der Waals surface area contributed by atoms with Gasteiger partial charge in [-0.1, -0.05) is 76.8 Å². The molecule has 0 amide bonds. The summed E-state index contributed by atoms with van der Waals surface area (Å²) >= 11 is 0. The van der Waals surface area contributed by atoms with Gasteiger partial charge in [-0.15, -0.1) is 0 Å². The van der Waals surface area contributed by atoms with E-state index >= 15 is 0 Å². The van der Waals surface area contributed by atoms with E-state index in [-0.39, 0.29) is 0 Å². The molecule has 1 heterocycles. The molecule has 0 fully saturated rings. The van der Waals surface area contributed by atoms with Crippen molar-refractivity contribution in [3.8, 4) is 11.8 Å². The van der Waals surface area contributed by atoms with Crippen molar-refractivity contribution in [3.63, 3.8) is 0 Å². The predicted octanol–water partition coefficient (Wildman–Crippen LogP) is 6.51. The second kappa shape index (κ2) is 13.1. The van der Waals surface area contributed by atoms with Gasteiger partial charge in [-0.25, -0.2) is 9.97 Å². The number of benzene rings is 1. The molecule has 0 bridgehead atoms. The Kier molecular flexibility index (Phi) is 10.3. The first kappa shape index (κ1) is 21.2. The molecule has 0 radical (unpaired) electrons. The van der Waals surface area contributed by atoms with E-state index in [1.165, 1.54) is 68.9 Å². The summed E-state index contributed by atoms with van der Waals surface area (Å²) in [6, 6.07) is 8.59. The fourth-order valence-corrected chi connectivity index (χ4v) is 3.12. The Morgan fingerprint density at radius 3 is 1.81 bits per heavy atom. The van der Waals surface area contributed by atoms with Crippen molar-refractivity contribution in [3.05, 3.63) is 59.2 Å². The molecule has 2 rings (SSSR count). The Labute approximate surface area is 165 Å². The molecule has 1 aromatic heterocycles. The molecule has 1 aromatic carbocycles. The van der Waals surface area contributed by atoms with E-state index < -0.39 is 0 Å². The van der Waals surface area contributed by atoms with Crippen molar-refractivity contribution >= 4 is 0 Å². The third-order valence-corrected chi connectivity index (χ3v) is 4.87. The minimum atomic E-state index is 0.605. The quantitative estimate of drug-likeness (QED) is 0.336. The SMILES string of the molecule is CCCCCCCc1cnc(C#Cc2ccc(CCCCCC)cc2)nc1. The second-order valence-electron chi connectivity index (χ2n) is 7.34. The molecule has 0 unspecified atom stereocenters. The van der Waals surface area contributed by atoms with Gasteiger partial charge in [-0.2, -0.15) is 0 Å². The summed E-state index contributed by atoms with van der Waals surface area (Å²) in [5.74, 6) is 6.86. The highest BCUT2D eigenvalue weighted by atomic mass is 14.8. The van der Waals surface area contributed by atoms with E-state index in [4.69, 9.17) is 0 Å². The van der Waals surface area contributed by atoms with Gasteiger partial charge in [0.05, 0.1) is 0 Å². The van der Waals surface area contributed by atoms with Crippen LogP contribution in [0.15, 0.2) is 36.7 Å². The lowest BCUT2D eigenvalue weighted by Crippen LogP contribution is -1.93. The minimum Gasteiger partial charge on any atom is -0.229 e. The van der Waals surface area contributed by atoms with E-state index in [0.717, 1.165) is 18.4 Å². The van der Waals surface area contributed by atoms with Gasteiger partial charge in [-0.3, -0.25) is 0 Å². The summed E-state index contributed by atoms with van der Waals surface area (Å²) in [7, 11) is 0. The number of unbranched alkanes of at least 4 members (excludes halogenated alkanes) is 7. The number of rotatable bonds is 11. The lowest BCUT2D eigenvalue weighted by atomic mass is 10.0. The first-order valence-electron chi connectivity index (χ1n) is 10.7. The molecule has 0 aliphatic rings. The van der Waals surface area contributed by atoms with Crippen LogP contribution in [-0.2, 0) is 12.8 Å². The Morgan fingerprint density at radius 2 is 1.19 bits per heavy atom. The van der Waals surface area contributed by atoms with Crippen molar-refractivity contribution in [1.29, 1.82) is 0 Å². The third kappa shape index (κ3) is 8.87. The lowest BCUT2D eigenvalue weighted by molar-refractivity contribution is 0.631. The summed E-state index contributed by atoms with van der Waals surface area (Å²) in [5.41, 5.74) is 3.64. The fourth-order valence-electron chi connectivity index (χ4n) is 3.12. The van der Waals surface area contributed by atoms with Crippen LogP contribution in [0.4, 0.5) is 0 Å². The maximum absolute atomic E-state index is 4.40. The smallest absolute Gasteiger partial charge is 0.205 e. The largest absolute Gasteiger partial charge is 0.229 e. The maximum Gasteiger partial charge on any atom is 0.205 e. The zero-order chi connectivity index (χ0) is 19.2. The Bertz CT molecular complexity index is 690. The summed E-state index contributed by atoms with van der Waals surface area (Å²) in [5, 5.41) is 0. The van der Waals surface area contributed by atoms with Crippen LogP contribution in [0.2, 0.25) is 0 Å². The van der Waals surface area contributed by atoms with Crippen LogP contribution in [0.5, 0.6) is 0 Å². The van der Waals surface area contributed by atoms with Gasteiger partial charge in [-0.05, 0) is 54.9 Å². The van der Waals surface area contributed by atoms with Crippen LogP contribution in [0.3, 0.4) is 0 Å². The number of nitrogens with zero attached hydrogens (tertiary/aromatic N) is 2. The average molecular weight is 363 g/mol. The van der Waals surface area contributed by atoms with Gasteiger partial charge in [0.1, 0.15) is 0 Å². The first-order valence-corrected chi connectivity index (χ1v) is 10.7. The van der Waals surface area contributed by atoms with Crippen molar-refractivity contribution in [2.45, 2.75) is 84.5 Å². The van der Waals surface area contributed by atoms with Crippen molar-refractivity contribution in [2.75, 3.05) is 0 Å². The molecule has 0 spiro atoms. The molecule has 0 saturated heterocycles. The van der Waals surface area contributed by atoms with Crippen molar-refractivity contribution < 1.29 is 0 Å². The van der Waals surface area contributed by atoms with E-state index in [2.05, 4.69) is 59.9 Å². The molecule has 0 N–H and O–H groups in total. The van der Waals surface area contributed by atoms with E-state index in [1.54, 1.807) is 0 Å². The monoisotopic (exact) mass is 362 g/mol. The normalized spacial score (nSPS) is 10.4. The average Bonchev–Trinajstić information content (AvgIpc) is 2.71. The lowest BCUT2D eigenvalue weighted by Gasteiger charge is -2.01. The molecule has 0 aliphatic heterocycles. The minimum absolute atomic E-state index is 0.605. The van der Waals surface area contributed by atoms with Gasteiger partial charge in [0.2, 0.25) is 5.82 Å². The van der Waals surface area contributed by atoms with Crippen LogP contribution < -0.4 is 0 Å². The molecule has 144 valence electrons. The van der Waals surface area contributed by atoms with E-state index in [9.17, 15) is 0 Å². The zero-order valence-corrected chi connectivity index (χ0v) is 17.1. The van der Waals surface area contributed by atoms with Crippen molar-refractivity contribution in [1.82, 2.24) is 9.97 Å². The van der Waals surface area contributed by atoms with Crippen LogP contribution in [0.1, 0.15) is 94.1 Å². The molecule has 2 aromatic rings. The highest BCUT2D eigenvalue weighted by Gasteiger charge is 1.97.